The molecule has 1 aliphatic heterocycles. The number of aromatic hydroxyl groups is 1. The van der Waals surface area contributed by atoms with Crippen molar-refractivity contribution in [3.8, 4) is 5.75 Å². The van der Waals surface area contributed by atoms with Gasteiger partial charge in [-0.3, -0.25) is 24.7 Å². The van der Waals surface area contributed by atoms with Crippen LogP contribution in [-0.2, 0) is 0 Å². The second-order valence-corrected chi connectivity index (χ2v) is 9.90. The van der Waals surface area contributed by atoms with Gasteiger partial charge in [0.15, 0.2) is 0 Å². The number of rotatable bonds is 8. The summed E-state index contributed by atoms with van der Waals surface area (Å²) in [5.41, 5.74) is 2.96. The van der Waals surface area contributed by atoms with E-state index in [2.05, 4.69) is 30.2 Å². The summed E-state index contributed by atoms with van der Waals surface area (Å²) in [6.45, 7) is 10.8. The fourth-order valence-corrected chi connectivity index (χ4v) is 5.23. The largest absolute Gasteiger partial charge is 0.508 e. The number of nitro groups is 1. The van der Waals surface area contributed by atoms with E-state index in [0.717, 1.165) is 30.8 Å². The number of anilines is 1. The Morgan fingerprint density at radius 1 is 1.08 bits per heavy atom. The van der Waals surface area contributed by atoms with Crippen LogP contribution in [0.3, 0.4) is 0 Å². The molecule has 0 aliphatic carbocycles. The zero-order valence-corrected chi connectivity index (χ0v) is 22.0. The first-order valence-corrected chi connectivity index (χ1v) is 12.7. The van der Waals surface area contributed by atoms with E-state index >= 15 is 0 Å². The van der Waals surface area contributed by atoms with Crippen LogP contribution in [0.15, 0.2) is 85.5 Å². The van der Waals surface area contributed by atoms with Gasteiger partial charge in [-0.15, -0.1) is 6.58 Å². The van der Waals surface area contributed by atoms with Gasteiger partial charge in [-0.25, -0.2) is 0 Å². The Labute approximate surface area is 223 Å². The Balaban J connectivity index is 1.68. The molecular weight excluding hydrogens is 480 g/mol. The third kappa shape index (κ3) is 5.77. The first-order chi connectivity index (χ1) is 18.2. The van der Waals surface area contributed by atoms with E-state index in [9.17, 15) is 20.0 Å². The molecular formula is C30H34N4O4. The van der Waals surface area contributed by atoms with E-state index in [0.29, 0.717) is 17.3 Å². The average molecular weight is 515 g/mol. The molecule has 0 unspecified atom stereocenters. The molecule has 1 amide bonds. The van der Waals surface area contributed by atoms with E-state index < -0.39 is 4.92 Å². The Kier molecular flexibility index (Phi) is 8.24. The molecule has 0 saturated carbocycles. The molecule has 0 spiro atoms. The van der Waals surface area contributed by atoms with Gasteiger partial charge in [0, 0.05) is 62.1 Å². The maximum Gasteiger partial charge on any atom is 0.269 e. The lowest BCUT2D eigenvalue weighted by Gasteiger charge is -2.47. The molecule has 198 valence electrons. The minimum atomic E-state index is -0.463. The summed E-state index contributed by atoms with van der Waals surface area (Å²) in [5.74, 6) is -0.0174. The SMILES string of the molecule is C=CCN1C[C@H](C)N([C@@H](c2cccc(O)c2)c2cccc(C(=O)N(C)c3ccc([N+](=O)[O-])cc3)c2)C[C@H]1C. The first-order valence-electron chi connectivity index (χ1n) is 12.7. The monoisotopic (exact) mass is 514 g/mol. The minimum absolute atomic E-state index is 0.0258. The predicted molar refractivity (Wildman–Crippen MR) is 150 cm³/mol. The summed E-state index contributed by atoms with van der Waals surface area (Å²) >= 11 is 0. The van der Waals surface area contributed by atoms with Crippen LogP contribution in [0.1, 0.15) is 41.4 Å². The van der Waals surface area contributed by atoms with E-state index in [-0.39, 0.29) is 29.4 Å². The molecule has 3 atom stereocenters. The second kappa shape index (κ2) is 11.6. The number of benzene rings is 3. The molecule has 3 aromatic carbocycles. The molecule has 0 aromatic heterocycles. The van der Waals surface area contributed by atoms with Crippen LogP contribution >= 0.6 is 0 Å². The topological polar surface area (TPSA) is 90.2 Å². The van der Waals surface area contributed by atoms with Crippen LogP contribution in [0, 0.1) is 10.1 Å². The normalized spacial score (nSPS) is 19.0. The van der Waals surface area contributed by atoms with E-state index in [4.69, 9.17) is 0 Å². The van der Waals surface area contributed by atoms with Crippen LogP contribution in [0.25, 0.3) is 0 Å². The lowest BCUT2D eigenvalue weighted by atomic mass is 9.92. The standard InChI is InChI=1S/C30H34N4O4/c1-5-16-32-19-22(3)33(20-21(32)2)29(24-9-7-11-28(35)18-24)23-8-6-10-25(17-23)30(36)31(4)26-12-14-27(15-13-26)34(37)38/h5-15,17-18,21-22,29,35H,1,16,19-20H2,2-4H3/t21-,22+,29-/m1/s1. The van der Waals surface area contributed by atoms with Gasteiger partial charge in [0.2, 0.25) is 0 Å². The molecule has 38 heavy (non-hydrogen) atoms. The fraction of sp³-hybridized carbons (Fsp3) is 0.300. The van der Waals surface area contributed by atoms with Crippen molar-refractivity contribution in [3.63, 3.8) is 0 Å². The van der Waals surface area contributed by atoms with Gasteiger partial charge >= 0.3 is 0 Å². The summed E-state index contributed by atoms with van der Waals surface area (Å²) < 4.78 is 0. The Bertz CT molecular complexity index is 1310. The number of carbonyl (C=O) groups excluding carboxylic acids is 1. The number of phenols is 1. The number of hydrogen-bond acceptors (Lipinski definition) is 6. The van der Waals surface area contributed by atoms with E-state index in [1.54, 1.807) is 37.4 Å². The van der Waals surface area contributed by atoms with Gasteiger partial charge in [0.25, 0.3) is 11.6 Å². The number of non-ortho nitro benzene ring substituents is 1. The smallest absolute Gasteiger partial charge is 0.269 e. The molecule has 1 saturated heterocycles. The lowest BCUT2D eigenvalue weighted by molar-refractivity contribution is -0.384. The van der Waals surface area contributed by atoms with Gasteiger partial charge in [-0.2, -0.15) is 0 Å². The molecule has 4 rings (SSSR count). The number of nitrogens with zero attached hydrogens (tertiary/aromatic N) is 4. The zero-order valence-electron chi connectivity index (χ0n) is 22.0. The molecule has 8 nitrogen and oxygen atoms in total. The van der Waals surface area contributed by atoms with Crippen LogP contribution in [0.4, 0.5) is 11.4 Å². The summed E-state index contributed by atoms with van der Waals surface area (Å²) in [7, 11) is 1.66. The van der Waals surface area contributed by atoms with Gasteiger partial charge < -0.3 is 10.0 Å². The summed E-state index contributed by atoms with van der Waals surface area (Å²) in [5, 5.41) is 21.3. The highest BCUT2D eigenvalue weighted by atomic mass is 16.6. The highest BCUT2D eigenvalue weighted by Crippen LogP contribution is 2.35. The number of hydrogen-bond donors (Lipinski definition) is 1. The van der Waals surface area contributed by atoms with Crippen molar-refractivity contribution >= 4 is 17.3 Å². The second-order valence-electron chi connectivity index (χ2n) is 9.90. The van der Waals surface area contributed by atoms with Crippen molar-refractivity contribution in [1.29, 1.82) is 0 Å². The van der Waals surface area contributed by atoms with Crippen molar-refractivity contribution in [1.82, 2.24) is 9.80 Å². The van der Waals surface area contributed by atoms with Crippen molar-refractivity contribution in [2.75, 3.05) is 31.6 Å². The van der Waals surface area contributed by atoms with Crippen molar-refractivity contribution in [3.05, 3.63) is 112 Å². The Morgan fingerprint density at radius 2 is 1.74 bits per heavy atom. The molecule has 0 bridgehead atoms. The van der Waals surface area contributed by atoms with E-state index in [1.165, 1.54) is 17.0 Å². The number of piperazine rings is 1. The van der Waals surface area contributed by atoms with Crippen molar-refractivity contribution in [2.24, 2.45) is 0 Å². The summed E-state index contributed by atoms with van der Waals surface area (Å²) in [4.78, 5) is 30.3. The molecule has 3 aromatic rings. The molecule has 1 aliphatic rings. The molecule has 1 N–H and O–H groups in total. The van der Waals surface area contributed by atoms with Crippen LogP contribution in [-0.4, -0.2) is 64.5 Å². The molecule has 1 fully saturated rings. The predicted octanol–water partition coefficient (Wildman–Crippen LogP) is 5.25. The fourth-order valence-electron chi connectivity index (χ4n) is 5.23. The molecule has 0 radical (unpaired) electrons. The number of amides is 1. The van der Waals surface area contributed by atoms with Crippen LogP contribution in [0.5, 0.6) is 5.75 Å². The Hall–Kier alpha value is -4.01. The summed E-state index contributed by atoms with van der Waals surface area (Å²) in [6, 6.07) is 21.2. The van der Waals surface area contributed by atoms with Crippen molar-refractivity contribution < 1.29 is 14.8 Å². The van der Waals surface area contributed by atoms with Crippen LogP contribution < -0.4 is 4.90 Å². The first kappa shape index (κ1) is 27.0. The Morgan fingerprint density at radius 3 is 2.37 bits per heavy atom. The van der Waals surface area contributed by atoms with Gasteiger partial charge in [0.05, 0.1) is 11.0 Å². The minimum Gasteiger partial charge on any atom is -0.508 e. The molecule has 1 heterocycles. The lowest BCUT2D eigenvalue weighted by Crippen LogP contribution is -2.57. The number of carbonyl (C=O) groups is 1. The maximum absolute atomic E-state index is 13.5. The molecule has 8 heteroatoms. The number of nitro benzene ring substituents is 1. The van der Waals surface area contributed by atoms with Gasteiger partial charge in [-0.1, -0.05) is 30.3 Å². The third-order valence-corrected chi connectivity index (χ3v) is 7.25. The third-order valence-electron chi connectivity index (χ3n) is 7.25. The van der Waals surface area contributed by atoms with Gasteiger partial charge in [-0.05, 0) is 61.4 Å². The van der Waals surface area contributed by atoms with Gasteiger partial charge in [0.1, 0.15) is 5.75 Å². The van der Waals surface area contributed by atoms with Crippen LogP contribution in [0.2, 0.25) is 0 Å². The quantitative estimate of drug-likeness (QED) is 0.251. The number of phenolic OH excluding ortho intramolecular Hbond substituents is 1. The van der Waals surface area contributed by atoms with E-state index in [1.807, 2.05) is 36.4 Å². The highest BCUT2D eigenvalue weighted by Gasteiger charge is 2.34. The maximum atomic E-state index is 13.5. The highest BCUT2D eigenvalue weighted by molar-refractivity contribution is 6.05. The van der Waals surface area contributed by atoms with Crippen molar-refractivity contribution in [2.45, 2.75) is 32.0 Å². The summed E-state index contributed by atoms with van der Waals surface area (Å²) in [6.07, 6.45) is 1.93. The average Bonchev–Trinajstić information content (AvgIpc) is 2.91. The zero-order chi connectivity index (χ0) is 27.4.